The summed E-state index contributed by atoms with van der Waals surface area (Å²) in [7, 11) is 0. The van der Waals surface area contributed by atoms with E-state index in [9.17, 15) is 4.79 Å². The highest BCUT2D eigenvalue weighted by Gasteiger charge is 2.25. The molecule has 1 saturated heterocycles. The molecule has 2 aromatic carbocycles. The molecule has 2 heterocycles. The molecule has 0 spiro atoms. The molecule has 2 N–H and O–H groups in total. The number of hydrogen-bond donors (Lipinski definition) is 2. The third kappa shape index (κ3) is 3.87. The van der Waals surface area contributed by atoms with Gasteiger partial charge < -0.3 is 19.9 Å². The Morgan fingerprint density at radius 3 is 2.89 bits per heavy atom. The van der Waals surface area contributed by atoms with Gasteiger partial charge in [-0.05, 0) is 36.6 Å². The molecule has 4 rings (SSSR count). The molecule has 6 nitrogen and oxygen atoms in total. The maximum Gasteiger partial charge on any atom is 0.317 e. The van der Waals surface area contributed by atoms with Crippen LogP contribution in [0.4, 0.5) is 4.79 Å². The predicted octanol–water partition coefficient (Wildman–Crippen LogP) is 3.51. The number of amides is 2. The van der Waals surface area contributed by atoms with Crippen LogP contribution in [-0.4, -0.2) is 47.1 Å². The lowest BCUT2D eigenvalue weighted by Crippen LogP contribution is -2.47. The van der Waals surface area contributed by atoms with Gasteiger partial charge in [0.15, 0.2) is 0 Å². The zero-order valence-electron chi connectivity index (χ0n) is 16.4. The maximum atomic E-state index is 12.6. The molecule has 6 heteroatoms. The van der Waals surface area contributed by atoms with Crippen molar-refractivity contribution in [3.63, 3.8) is 0 Å². The van der Waals surface area contributed by atoms with Gasteiger partial charge in [-0.25, -0.2) is 9.78 Å². The van der Waals surface area contributed by atoms with E-state index in [1.165, 1.54) is 11.1 Å². The monoisotopic (exact) mass is 378 g/mol. The largest absolute Gasteiger partial charge is 0.370 e. The minimum atomic E-state index is -0.0673. The van der Waals surface area contributed by atoms with Crippen molar-refractivity contribution in [2.45, 2.75) is 26.4 Å². The second-order valence-corrected chi connectivity index (χ2v) is 7.29. The fraction of sp³-hybridized carbons (Fsp3) is 0.364. The Labute approximate surface area is 164 Å². The summed E-state index contributed by atoms with van der Waals surface area (Å²) in [5.74, 6) is 0.896. The first kappa shape index (κ1) is 18.5. The number of urea groups is 1. The molecule has 1 aromatic heterocycles. The van der Waals surface area contributed by atoms with E-state index in [0.29, 0.717) is 32.7 Å². The molecule has 1 aliphatic heterocycles. The van der Waals surface area contributed by atoms with Crippen molar-refractivity contribution in [2.75, 3.05) is 26.2 Å². The number of carbonyl (C=O) groups is 1. The topological polar surface area (TPSA) is 70.2 Å². The average Bonchev–Trinajstić information content (AvgIpc) is 3.15. The van der Waals surface area contributed by atoms with E-state index in [4.69, 9.17) is 9.72 Å². The van der Waals surface area contributed by atoms with Crippen LogP contribution in [0.15, 0.2) is 42.5 Å². The third-order valence-electron chi connectivity index (χ3n) is 5.39. The number of morpholine rings is 1. The second-order valence-electron chi connectivity index (χ2n) is 7.29. The number of ether oxygens (including phenoxy) is 1. The van der Waals surface area contributed by atoms with Crippen molar-refractivity contribution in [3.05, 3.63) is 65.0 Å². The smallest absolute Gasteiger partial charge is 0.317 e. The summed E-state index contributed by atoms with van der Waals surface area (Å²) in [6, 6.07) is 14.2. The zero-order valence-corrected chi connectivity index (χ0v) is 16.4. The van der Waals surface area contributed by atoms with Crippen molar-refractivity contribution >= 4 is 17.1 Å². The van der Waals surface area contributed by atoms with Crippen LogP contribution in [0.25, 0.3) is 11.0 Å². The lowest BCUT2D eigenvalue weighted by atomic mass is 10.1. The number of aromatic amines is 1. The van der Waals surface area contributed by atoms with Gasteiger partial charge in [-0.15, -0.1) is 0 Å². The number of aromatic nitrogens is 2. The molecule has 2 amide bonds. The quantitative estimate of drug-likeness (QED) is 0.730. The highest BCUT2D eigenvalue weighted by molar-refractivity contribution is 5.80. The number of nitrogens with zero attached hydrogens (tertiary/aromatic N) is 2. The number of aryl methyl sites for hydroxylation is 2. The van der Waals surface area contributed by atoms with Crippen LogP contribution >= 0.6 is 0 Å². The Bertz CT molecular complexity index is 967. The van der Waals surface area contributed by atoms with Crippen LogP contribution in [0.2, 0.25) is 0 Å². The van der Waals surface area contributed by atoms with Gasteiger partial charge in [0.25, 0.3) is 0 Å². The summed E-state index contributed by atoms with van der Waals surface area (Å²) in [6.45, 7) is 6.45. The van der Waals surface area contributed by atoms with Crippen LogP contribution in [0, 0.1) is 13.8 Å². The first-order valence-electron chi connectivity index (χ1n) is 9.76. The second kappa shape index (κ2) is 8.02. The summed E-state index contributed by atoms with van der Waals surface area (Å²) >= 11 is 0. The lowest BCUT2D eigenvalue weighted by molar-refractivity contribution is -0.0154. The molecule has 0 unspecified atom stereocenters. The molecular weight excluding hydrogens is 352 g/mol. The summed E-state index contributed by atoms with van der Waals surface area (Å²) in [5, 5.41) is 3.01. The molecule has 28 heavy (non-hydrogen) atoms. The van der Waals surface area contributed by atoms with Crippen molar-refractivity contribution in [2.24, 2.45) is 0 Å². The number of benzene rings is 2. The average molecular weight is 378 g/mol. The van der Waals surface area contributed by atoms with E-state index in [-0.39, 0.29) is 12.1 Å². The van der Waals surface area contributed by atoms with Gasteiger partial charge in [-0.3, -0.25) is 0 Å². The van der Waals surface area contributed by atoms with Gasteiger partial charge >= 0.3 is 6.03 Å². The molecule has 0 bridgehead atoms. The third-order valence-corrected chi connectivity index (χ3v) is 5.39. The van der Waals surface area contributed by atoms with E-state index >= 15 is 0 Å². The fourth-order valence-corrected chi connectivity index (χ4v) is 3.59. The highest BCUT2D eigenvalue weighted by atomic mass is 16.5. The first-order chi connectivity index (χ1) is 13.6. The van der Waals surface area contributed by atoms with Crippen molar-refractivity contribution in [3.8, 4) is 0 Å². The molecule has 0 saturated carbocycles. The van der Waals surface area contributed by atoms with E-state index in [1.807, 2.05) is 35.2 Å². The van der Waals surface area contributed by atoms with Crippen LogP contribution < -0.4 is 5.32 Å². The van der Waals surface area contributed by atoms with Gasteiger partial charge in [-0.1, -0.05) is 36.4 Å². The number of imidazole rings is 1. The minimum absolute atomic E-state index is 0.0487. The molecule has 1 fully saturated rings. The summed E-state index contributed by atoms with van der Waals surface area (Å²) < 4.78 is 5.84. The number of fused-ring (bicyclic) bond motifs is 1. The van der Waals surface area contributed by atoms with Gasteiger partial charge in [0, 0.05) is 19.5 Å². The van der Waals surface area contributed by atoms with Gasteiger partial charge in [0.2, 0.25) is 0 Å². The number of carbonyl (C=O) groups excluding carboxylic acids is 1. The Kier molecular flexibility index (Phi) is 5.30. The van der Waals surface area contributed by atoms with Crippen LogP contribution in [0.1, 0.15) is 28.6 Å². The Morgan fingerprint density at radius 2 is 2.07 bits per heavy atom. The van der Waals surface area contributed by atoms with Crippen molar-refractivity contribution < 1.29 is 9.53 Å². The number of rotatable bonds is 4. The molecular formula is C22H26N4O2. The molecule has 0 radical (unpaired) electrons. The summed E-state index contributed by atoms with van der Waals surface area (Å²) in [5.41, 5.74) is 5.60. The standard InChI is InChI=1S/C22H26N4O2/c1-15-8-9-18-21(16(15)2)25-20(24-18)10-11-23-22(27)26-12-13-28-19(14-26)17-6-4-3-5-7-17/h3-9,19H,10-14H2,1-2H3,(H,23,27)(H,24,25)/t19-/m0/s1. The highest BCUT2D eigenvalue weighted by Crippen LogP contribution is 2.22. The van der Waals surface area contributed by atoms with Crippen LogP contribution in [-0.2, 0) is 11.2 Å². The summed E-state index contributed by atoms with van der Waals surface area (Å²) in [4.78, 5) is 22.4. The lowest BCUT2D eigenvalue weighted by Gasteiger charge is -2.33. The van der Waals surface area contributed by atoms with E-state index < -0.39 is 0 Å². The zero-order chi connectivity index (χ0) is 19.5. The van der Waals surface area contributed by atoms with Crippen molar-refractivity contribution in [1.29, 1.82) is 0 Å². The normalized spacial score (nSPS) is 17.1. The van der Waals surface area contributed by atoms with E-state index in [2.05, 4.69) is 36.3 Å². The predicted molar refractivity (Wildman–Crippen MR) is 109 cm³/mol. The van der Waals surface area contributed by atoms with Crippen LogP contribution in [0.5, 0.6) is 0 Å². The minimum Gasteiger partial charge on any atom is -0.370 e. The number of hydrogen-bond acceptors (Lipinski definition) is 3. The molecule has 0 aliphatic carbocycles. The van der Waals surface area contributed by atoms with E-state index in [0.717, 1.165) is 22.4 Å². The Morgan fingerprint density at radius 1 is 1.25 bits per heavy atom. The molecule has 146 valence electrons. The number of nitrogens with one attached hydrogen (secondary N) is 2. The molecule has 1 atom stereocenters. The number of H-pyrrole nitrogens is 1. The van der Waals surface area contributed by atoms with Crippen LogP contribution in [0.3, 0.4) is 0 Å². The first-order valence-corrected chi connectivity index (χ1v) is 9.76. The Hall–Kier alpha value is -2.86. The Balaban J connectivity index is 1.32. The summed E-state index contributed by atoms with van der Waals surface area (Å²) in [6.07, 6.45) is 0.605. The fourth-order valence-electron chi connectivity index (χ4n) is 3.59. The van der Waals surface area contributed by atoms with Gasteiger partial charge in [-0.2, -0.15) is 0 Å². The SMILES string of the molecule is Cc1ccc2[nH]c(CCNC(=O)N3CCO[C@H](c4ccccc4)C3)nc2c1C. The van der Waals surface area contributed by atoms with Crippen molar-refractivity contribution in [1.82, 2.24) is 20.2 Å². The van der Waals surface area contributed by atoms with Gasteiger partial charge in [0.05, 0.1) is 24.2 Å². The molecule has 3 aromatic rings. The molecule has 1 aliphatic rings. The maximum absolute atomic E-state index is 12.6. The van der Waals surface area contributed by atoms with Gasteiger partial charge in [0.1, 0.15) is 11.9 Å². The van der Waals surface area contributed by atoms with E-state index in [1.54, 1.807) is 0 Å².